The van der Waals surface area contributed by atoms with E-state index in [9.17, 15) is 4.79 Å². The van der Waals surface area contributed by atoms with E-state index in [4.69, 9.17) is 34.8 Å². The van der Waals surface area contributed by atoms with Crippen LogP contribution in [0.2, 0.25) is 15.1 Å². The first-order valence-corrected chi connectivity index (χ1v) is 7.82. The van der Waals surface area contributed by atoms with Gasteiger partial charge in [0.2, 0.25) is 5.91 Å². The smallest absolute Gasteiger partial charge is 0.242 e. The molecule has 1 aromatic rings. The lowest BCUT2D eigenvalue weighted by Gasteiger charge is -2.20. The Bertz CT molecular complexity index is 478. The van der Waals surface area contributed by atoms with Crippen LogP contribution in [0.5, 0.6) is 0 Å². The predicted molar refractivity (Wildman–Crippen MR) is 85.0 cm³/mol. The fourth-order valence-electron chi connectivity index (χ4n) is 2.36. The molecule has 1 fully saturated rings. The third-order valence-corrected chi connectivity index (χ3v) is 4.28. The van der Waals surface area contributed by atoms with Gasteiger partial charge in [0.25, 0.3) is 0 Å². The van der Waals surface area contributed by atoms with Crippen LogP contribution in [0.25, 0.3) is 0 Å². The lowest BCUT2D eigenvalue weighted by molar-refractivity contribution is -0.122. The van der Waals surface area contributed by atoms with E-state index in [0.29, 0.717) is 26.8 Å². The van der Waals surface area contributed by atoms with Gasteiger partial charge in [-0.25, -0.2) is 0 Å². The zero-order chi connectivity index (χ0) is 14.7. The molecule has 1 unspecified atom stereocenters. The Morgan fingerprint density at radius 1 is 1.20 bits per heavy atom. The van der Waals surface area contributed by atoms with Crippen molar-refractivity contribution in [3.05, 3.63) is 27.2 Å². The van der Waals surface area contributed by atoms with Crippen LogP contribution < -0.4 is 10.6 Å². The van der Waals surface area contributed by atoms with E-state index < -0.39 is 6.04 Å². The average molecular weight is 336 g/mol. The molecule has 1 aromatic carbocycles. The van der Waals surface area contributed by atoms with Gasteiger partial charge >= 0.3 is 0 Å². The van der Waals surface area contributed by atoms with Gasteiger partial charge in [-0.2, -0.15) is 0 Å². The zero-order valence-corrected chi connectivity index (χ0v) is 13.4. The largest absolute Gasteiger partial charge is 0.371 e. The highest BCUT2D eigenvalue weighted by atomic mass is 35.5. The van der Waals surface area contributed by atoms with Crippen molar-refractivity contribution in [1.29, 1.82) is 0 Å². The first kappa shape index (κ1) is 15.7. The maximum absolute atomic E-state index is 12.1. The summed E-state index contributed by atoms with van der Waals surface area (Å²) in [5.41, 5.74) is 0.534. The van der Waals surface area contributed by atoms with Crippen LogP contribution >= 0.6 is 34.8 Å². The quantitative estimate of drug-likeness (QED) is 0.850. The standard InChI is InChI=1S/C14H17Cl3N2O/c1-8(14(20)19-10-4-2-3-5-10)18-13-11(16)6-9(15)7-12(13)17/h6-8,10,18H,2-5H2,1H3,(H,19,20). The van der Waals surface area contributed by atoms with E-state index in [-0.39, 0.29) is 5.91 Å². The molecule has 1 amide bonds. The van der Waals surface area contributed by atoms with Gasteiger partial charge < -0.3 is 10.6 Å². The van der Waals surface area contributed by atoms with E-state index in [0.717, 1.165) is 12.8 Å². The van der Waals surface area contributed by atoms with Gasteiger partial charge in [0.05, 0.1) is 15.7 Å². The minimum atomic E-state index is -0.410. The van der Waals surface area contributed by atoms with Crippen molar-refractivity contribution in [3.63, 3.8) is 0 Å². The molecule has 0 radical (unpaired) electrons. The molecule has 1 aliphatic carbocycles. The van der Waals surface area contributed by atoms with E-state index in [1.54, 1.807) is 19.1 Å². The number of rotatable bonds is 4. The van der Waals surface area contributed by atoms with Gasteiger partial charge in [-0.05, 0) is 31.9 Å². The Kier molecular flexibility index (Phi) is 5.42. The molecule has 0 saturated heterocycles. The van der Waals surface area contributed by atoms with Crippen LogP contribution in [-0.4, -0.2) is 18.0 Å². The number of amides is 1. The molecule has 2 rings (SSSR count). The monoisotopic (exact) mass is 334 g/mol. The van der Waals surface area contributed by atoms with Crippen LogP contribution in [0.1, 0.15) is 32.6 Å². The Labute approximate surface area is 134 Å². The van der Waals surface area contributed by atoms with E-state index in [1.807, 2.05) is 0 Å². The fraction of sp³-hybridized carbons (Fsp3) is 0.500. The number of halogens is 3. The highest BCUT2D eigenvalue weighted by molar-refractivity contribution is 6.41. The summed E-state index contributed by atoms with van der Waals surface area (Å²) in [6.07, 6.45) is 4.48. The molecule has 0 heterocycles. The fourth-order valence-corrected chi connectivity index (χ4v) is 3.28. The van der Waals surface area contributed by atoms with Crippen molar-refractivity contribution in [2.45, 2.75) is 44.7 Å². The summed E-state index contributed by atoms with van der Waals surface area (Å²) in [5, 5.41) is 7.36. The topological polar surface area (TPSA) is 41.1 Å². The summed E-state index contributed by atoms with van der Waals surface area (Å²) in [6.45, 7) is 1.78. The highest BCUT2D eigenvalue weighted by Gasteiger charge is 2.21. The number of nitrogens with one attached hydrogen (secondary N) is 2. The first-order valence-electron chi connectivity index (χ1n) is 6.69. The van der Waals surface area contributed by atoms with E-state index in [2.05, 4.69) is 10.6 Å². The summed E-state index contributed by atoms with van der Waals surface area (Å²) in [7, 11) is 0. The number of anilines is 1. The third-order valence-electron chi connectivity index (χ3n) is 3.46. The summed E-state index contributed by atoms with van der Waals surface area (Å²) in [5.74, 6) is -0.0426. The number of carbonyl (C=O) groups excluding carboxylic acids is 1. The van der Waals surface area contributed by atoms with Gasteiger partial charge in [-0.15, -0.1) is 0 Å². The van der Waals surface area contributed by atoms with Crippen LogP contribution in [0, 0.1) is 0 Å². The van der Waals surface area contributed by atoms with Crippen molar-refractivity contribution in [2.24, 2.45) is 0 Å². The Balaban J connectivity index is 2.00. The van der Waals surface area contributed by atoms with Crippen molar-refractivity contribution >= 4 is 46.4 Å². The predicted octanol–water partition coefficient (Wildman–Crippen LogP) is 4.51. The number of hydrogen-bond acceptors (Lipinski definition) is 2. The summed E-state index contributed by atoms with van der Waals surface area (Å²) < 4.78 is 0. The number of carbonyl (C=O) groups is 1. The minimum absolute atomic E-state index is 0.0426. The van der Waals surface area contributed by atoms with Gasteiger partial charge in [-0.3, -0.25) is 4.79 Å². The second kappa shape index (κ2) is 6.88. The van der Waals surface area contributed by atoms with E-state index in [1.165, 1.54) is 12.8 Å². The van der Waals surface area contributed by atoms with E-state index >= 15 is 0 Å². The molecular formula is C14H17Cl3N2O. The average Bonchev–Trinajstić information content (AvgIpc) is 2.86. The molecule has 0 bridgehead atoms. The minimum Gasteiger partial charge on any atom is -0.371 e. The normalized spacial score (nSPS) is 17.0. The molecule has 1 atom stereocenters. The van der Waals surface area contributed by atoms with Crippen molar-refractivity contribution in [3.8, 4) is 0 Å². The van der Waals surface area contributed by atoms with Gasteiger partial charge in [0.1, 0.15) is 6.04 Å². The van der Waals surface area contributed by atoms with Crippen LogP contribution in [0.15, 0.2) is 12.1 Å². The maximum atomic E-state index is 12.1. The van der Waals surface area contributed by atoms with Gasteiger partial charge in [-0.1, -0.05) is 47.6 Å². The van der Waals surface area contributed by atoms with Crippen molar-refractivity contribution in [2.75, 3.05) is 5.32 Å². The molecule has 0 spiro atoms. The summed E-state index contributed by atoms with van der Waals surface area (Å²) in [4.78, 5) is 12.1. The Hall–Kier alpha value is -0.640. The first-order chi connectivity index (χ1) is 9.47. The second-order valence-corrected chi connectivity index (χ2v) is 6.35. The SMILES string of the molecule is CC(Nc1c(Cl)cc(Cl)cc1Cl)C(=O)NC1CCCC1. The number of benzene rings is 1. The molecule has 1 saturated carbocycles. The lowest BCUT2D eigenvalue weighted by atomic mass is 10.2. The molecule has 2 N–H and O–H groups in total. The van der Waals surface area contributed by atoms with Crippen molar-refractivity contribution in [1.82, 2.24) is 5.32 Å². The maximum Gasteiger partial charge on any atom is 0.242 e. The molecule has 20 heavy (non-hydrogen) atoms. The molecule has 0 aromatic heterocycles. The third kappa shape index (κ3) is 3.94. The molecule has 110 valence electrons. The second-order valence-electron chi connectivity index (χ2n) is 5.10. The Morgan fingerprint density at radius 2 is 1.75 bits per heavy atom. The lowest BCUT2D eigenvalue weighted by Crippen LogP contribution is -2.42. The van der Waals surface area contributed by atoms with Crippen LogP contribution in [-0.2, 0) is 4.79 Å². The summed E-state index contributed by atoms with van der Waals surface area (Å²) in [6, 6.07) is 3.08. The highest BCUT2D eigenvalue weighted by Crippen LogP contribution is 2.34. The number of hydrogen-bond donors (Lipinski definition) is 2. The van der Waals surface area contributed by atoms with Crippen molar-refractivity contribution < 1.29 is 4.79 Å². The molecule has 3 nitrogen and oxygen atoms in total. The van der Waals surface area contributed by atoms with Crippen LogP contribution in [0.4, 0.5) is 5.69 Å². The van der Waals surface area contributed by atoms with Gasteiger partial charge in [0, 0.05) is 11.1 Å². The molecule has 6 heteroatoms. The molecule has 1 aliphatic rings. The van der Waals surface area contributed by atoms with Crippen LogP contribution in [0.3, 0.4) is 0 Å². The molecule has 0 aliphatic heterocycles. The zero-order valence-electron chi connectivity index (χ0n) is 11.2. The summed E-state index contributed by atoms with van der Waals surface area (Å²) >= 11 is 18.0. The Morgan fingerprint density at radius 3 is 2.30 bits per heavy atom. The molecular weight excluding hydrogens is 319 g/mol. The van der Waals surface area contributed by atoms with Gasteiger partial charge in [0.15, 0.2) is 0 Å².